The van der Waals surface area contributed by atoms with E-state index in [1.165, 1.54) is 5.57 Å². The van der Waals surface area contributed by atoms with Gasteiger partial charge in [0.05, 0.1) is 11.7 Å². The molecule has 4 rings (SSSR count). The molecule has 1 aromatic rings. The van der Waals surface area contributed by atoms with Gasteiger partial charge in [-0.3, -0.25) is 4.79 Å². The number of carbonyl (C=O) groups excluding carboxylic acids is 1. The fourth-order valence-electron chi connectivity index (χ4n) is 4.54. The molecule has 1 unspecified atom stereocenters. The highest BCUT2D eigenvalue weighted by molar-refractivity contribution is 5.93. The minimum Gasteiger partial charge on any atom is -0.489 e. The molecule has 29 heavy (non-hydrogen) atoms. The highest BCUT2D eigenvalue weighted by atomic mass is 19.1. The van der Waals surface area contributed by atoms with E-state index in [2.05, 4.69) is 6.08 Å². The van der Waals surface area contributed by atoms with Gasteiger partial charge < -0.3 is 20.1 Å². The van der Waals surface area contributed by atoms with Crippen molar-refractivity contribution in [2.24, 2.45) is 16.6 Å². The van der Waals surface area contributed by atoms with E-state index in [1.54, 1.807) is 0 Å². The Bertz CT molecular complexity index is 819. The first kappa shape index (κ1) is 20.1. The molecular weight excluding hydrogens is 371 g/mol. The number of allylic oxidation sites excluding steroid dienone is 1. The van der Waals surface area contributed by atoms with Crippen LogP contribution in [-0.4, -0.2) is 50.3 Å². The molecular formula is C23H29FN2O3. The fraction of sp³-hybridized carbons (Fsp3) is 0.522. The summed E-state index contributed by atoms with van der Waals surface area (Å²) in [6, 6.07) is 7.69. The maximum absolute atomic E-state index is 13.0. The van der Waals surface area contributed by atoms with Gasteiger partial charge in [-0.15, -0.1) is 0 Å². The van der Waals surface area contributed by atoms with E-state index in [9.17, 15) is 9.18 Å². The van der Waals surface area contributed by atoms with Crippen molar-refractivity contribution in [3.8, 4) is 5.75 Å². The second-order valence-corrected chi connectivity index (χ2v) is 8.82. The number of nitrogens with two attached hydrogens (primary N) is 1. The van der Waals surface area contributed by atoms with Crippen molar-refractivity contribution in [3.63, 3.8) is 0 Å². The van der Waals surface area contributed by atoms with Gasteiger partial charge >= 0.3 is 0 Å². The molecule has 2 N–H and O–H groups in total. The van der Waals surface area contributed by atoms with E-state index in [0.29, 0.717) is 23.1 Å². The molecule has 1 amide bonds. The molecule has 2 saturated heterocycles. The highest BCUT2D eigenvalue weighted by Gasteiger charge is 2.51. The predicted octanol–water partition coefficient (Wildman–Crippen LogP) is 3.31. The molecule has 1 atom stereocenters. The number of ether oxygens (including phenoxy) is 2. The summed E-state index contributed by atoms with van der Waals surface area (Å²) < 4.78 is 23.6. The average molecular weight is 400 g/mol. The number of carbonyl (C=O) groups is 1. The molecule has 2 fully saturated rings. The van der Waals surface area contributed by atoms with E-state index >= 15 is 0 Å². The van der Waals surface area contributed by atoms with Crippen molar-refractivity contribution < 1.29 is 18.7 Å². The summed E-state index contributed by atoms with van der Waals surface area (Å²) in [5.41, 5.74) is 8.02. The fourth-order valence-corrected chi connectivity index (χ4v) is 4.54. The normalized spacial score (nSPS) is 25.8. The third kappa shape index (κ3) is 3.96. The Morgan fingerprint density at radius 3 is 2.52 bits per heavy atom. The third-order valence-electron chi connectivity index (χ3n) is 6.50. The molecule has 156 valence electrons. The average Bonchev–Trinajstić information content (AvgIpc) is 2.71. The Morgan fingerprint density at radius 1 is 1.28 bits per heavy atom. The van der Waals surface area contributed by atoms with Crippen LogP contribution < -0.4 is 10.5 Å². The smallest absolute Gasteiger partial charge is 0.232 e. The van der Waals surface area contributed by atoms with E-state index < -0.39 is 5.41 Å². The lowest BCUT2D eigenvalue weighted by Gasteiger charge is -2.54. The largest absolute Gasteiger partial charge is 0.489 e. The minimum atomic E-state index is -0.404. The summed E-state index contributed by atoms with van der Waals surface area (Å²) >= 11 is 0. The first-order valence-electron chi connectivity index (χ1n) is 10.3. The summed E-state index contributed by atoms with van der Waals surface area (Å²) in [6.45, 7) is 5.70. The number of likely N-dealkylation sites (tertiary alicyclic amines) is 1. The van der Waals surface area contributed by atoms with Crippen molar-refractivity contribution in [1.29, 1.82) is 0 Å². The molecule has 3 aliphatic rings. The Hall–Kier alpha value is -2.18. The van der Waals surface area contributed by atoms with Crippen LogP contribution in [0.25, 0.3) is 5.57 Å². The molecule has 0 radical (unpaired) electrons. The summed E-state index contributed by atoms with van der Waals surface area (Å²) in [5, 5.41) is 0. The topological polar surface area (TPSA) is 64.8 Å². The molecule has 2 aliphatic heterocycles. The molecule has 0 saturated carbocycles. The second kappa shape index (κ2) is 7.92. The molecule has 0 aromatic heterocycles. The van der Waals surface area contributed by atoms with E-state index in [1.807, 2.05) is 36.1 Å². The van der Waals surface area contributed by atoms with Gasteiger partial charge in [-0.25, -0.2) is 4.39 Å². The van der Waals surface area contributed by atoms with Crippen molar-refractivity contribution in [1.82, 2.24) is 4.90 Å². The molecule has 6 heteroatoms. The molecule has 1 aromatic carbocycles. The quantitative estimate of drug-likeness (QED) is 0.796. The second-order valence-electron chi connectivity index (χ2n) is 8.82. The summed E-state index contributed by atoms with van der Waals surface area (Å²) in [4.78, 5) is 15.0. The lowest BCUT2D eigenvalue weighted by atomic mass is 9.67. The van der Waals surface area contributed by atoms with Crippen LogP contribution in [0.3, 0.4) is 0 Å². The zero-order valence-corrected chi connectivity index (χ0v) is 17.0. The van der Waals surface area contributed by atoms with Crippen LogP contribution in [0.4, 0.5) is 4.39 Å². The Morgan fingerprint density at radius 2 is 1.93 bits per heavy atom. The lowest BCUT2D eigenvalue weighted by molar-refractivity contribution is -0.158. The van der Waals surface area contributed by atoms with E-state index in [0.717, 1.165) is 51.1 Å². The van der Waals surface area contributed by atoms with Gasteiger partial charge in [-0.1, -0.05) is 18.2 Å². The van der Waals surface area contributed by atoms with Crippen molar-refractivity contribution in [2.45, 2.75) is 26.2 Å². The third-order valence-corrected chi connectivity index (χ3v) is 6.50. The molecule has 1 spiro atoms. The summed E-state index contributed by atoms with van der Waals surface area (Å²) in [6.07, 6.45) is 5.47. The summed E-state index contributed by atoms with van der Waals surface area (Å²) in [7, 11) is 0. The maximum atomic E-state index is 13.0. The van der Waals surface area contributed by atoms with E-state index in [4.69, 9.17) is 15.2 Å². The van der Waals surface area contributed by atoms with Gasteiger partial charge in [0.1, 0.15) is 12.4 Å². The minimum absolute atomic E-state index is 0.139. The number of halogens is 1. The zero-order chi connectivity index (χ0) is 20.5. The van der Waals surface area contributed by atoms with Crippen molar-refractivity contribution >= 4 is 11.5 Å². The summed E-state index contributed by atoms with van der Waals surface area (Å²) in [5.74, 6) is 0.910. The van der Waals surface area contributed by atoms with Crippen molar-refractivity contribution in [2.75, 3.05) is 39.5 Å². The first-order valence-corrected chi connectivity index (χ1v) is 10.3. The number of nitrogens with zero attached hydrogens (tertiary/aromatic N) is 1. The number of amides is 1. The van der Waals surface area contributed by atoms with E-state index in [-0.39, 0.29) is 19.1 Å². The molecule has 2 heterocycles. The molecule has 0 bridgehead atoms. The predicted molar refractivity (Wildman–Crippen MR) is 110 cm³/mol. The van der Waals surface area contributed by atoms with Crippen LogP contribution in [0, 0.1) is 10.8 Å². The SMILES string of the molecule is CC1(C(=O)N2CC3(CCOCC3)C2)C=C(c2ccc(OC/C(=C/F)CN)cc2)C1. The Kier molecular flexibility index (Phi) is 5.49. The van der Waals surface area contributed by atoms with Crippen LogP contribution in [0.1, 0.15) is 31.7 Å². The van der Waals surface area contributed by atoms with Gasteiger partial charge in [0.25, 0.3) is 0 Å². The number of rotatable bonds is 6. The number of benzene rings is 1. The Labute approximate surface area is 171 Å². The van der Waals surface area contributed by atoms with Gasteiger partial charge in [-0.05, 0) is 49.5 Å². The van der Waals surface area contributed by atoms with Gasteiger partial charge in [0.15, 0.2) is 0 Å². The maximum Gasteiger partial charge on any atom is 0.232 e. The Balaban J connectivity index is 1.33. The van der Waals surface area contributed by atoms with Crippen LogP contribution in [0.15, 0.2) is 42.2 Å². The monoisotopic (exact) mass is 400 g/mol. The highest BCUT2D eigenvalue weighted by Crippen LogP contribution is 2.48. The number of hydrogen-bond donors (Lipinski definition) is 1. The number of hydrogen-bond acceptors (Lipinski definition) is 4. The van der Waals surface area contributed by atoms with Gasteiger partial charge in [0.2, 0.25) is 5.91 Å². The van der Waals surface area contributed by atoms with Crippen molar-refractivity contribution in [3.05, 3.63) is 47.8 Å². The van der Waals surface area contributed by atoms with Crippen LogP contribution >= 0.6 is 0 Å². The standard InChI is InChI=1S/C23H29FN2O3/c1-22(21(27)26-15-23(16-26)6-8-28-9-7-23)10-19(11-22)18-2-4-20(5-3-18)29-14-17(12-24)13-25/h2-5,10,12H,6-9,11,13-16,25H2,1H3/b17-12+. The zero-order valence-electron chi connectivity index (χ0n) is 17.0. The first-order chi connectivity index (χ1) is 14.0. The van der Waals surface area contributed by atoms with Crippen LogP contribution in [0.5, 0.6) is 5.75 Å². The lowest BCUT2D eigenvalue weighted by Crippen LogP contribution is -2.63. The molecule has 1 aliphatic carbocycles. The molecule has 5 nitrogen and oxygen atoms in total. The van der Waals surface area contributed by atoms with Crippen LogP contribution in [-0.2, 0) is 9.53 Å². The van der Waals surface area contributed by atoms with Crippen LogP contribution in [0.2, 0.25) is 0 Å². The van der Waals surface area contributed by atoms with Gasteiger partial charge in [-0.2, -0.15) is 0 Å². The van der Waals surface area contributed by atoms with Gasteiger partial charge in [0, 0.05) is 43.8 Å².